The van der Waals surface area contributed by atoms with Gasteiger partial charge >= 0.3 is 12.0 Å². The minimum absolute atomic E-state index is 0.0179. The molecular formula is C21H25F3N6O4. The number of ether oxygens (including phenoxy) is 1. The highest BCUT2D eigenvalue weighted by Crippen LogP contribution is 2.29. The van der Waals surface area contributed by atoms with Gasteiger partial charge in [-0.05, 0) is 37.7 Å². The van der Waals surface area contributed by atoms with E-state index in [0.29, 0.717) is 6.54 Å². The molecule has 184 valence electrons. The Hall–Kier alpha value is -3.64. The number of carbonyl (C=O) groups is 1. The first-order valence-corrected chi connectivity index (χ1v) is 10.7. The predicted octanol–water partition coefficient (Wildman–Crippen LogP) is 4.00. The molecule has 1 aromatic heterocycles. The maximum Gasteiger partial charge on any atom is 0.573 e. The van der Waals surface area contributed by atoms with Crippen LogP contribution in [0.4, 0.5) is 30.6 Å². The first-order chi connectivity index (χ1) is 16.1. The minimum Gasteiger partial charge on any atom is -0.405 e. The smallest absolute Gasteiger partial charge is 0.405 e. The zero-order chi connectivity index (χ0) is 24.7. The van der Waals surface area contributed by atoms with Gasteiger partial charge in [0, 0.05) is 31.6 Å². The molecule has 1 aromatic carbocycles. The first-order valence-electron chi connectivity index (χ1n) is 10.7. The molecule has 3 N–H and O–H groups in total. The van der Waals surface area contributed by atoms with E-state index >= 15 is 0 Å². The number of carbonyl (C=O) groups excluding carboxylic acids is 1. The Morgan fingerprint density at radius 1 is 1.21 bits per heavy atom. The average molecular weight is 482 g/mol. The van der Waals surface area contributed by atoms with Gasteiger partial charge in [-0.3, -0.25) is 14.9 Å². The summed E-state index contributed by atoms with van der Waals surface area (Å²) in [5.74, 6) is -0.138. The molecule has 0 aliphatic heterocycles. The summed E-state index contributed by atoms with van der Waals surface area (Å²) in [5.41, 5.74) is -0.0921. The molecule has 1 saturated carbocycles. The van der Waals surface area contributed by atoms with Crippen LogP contribution in [-0.2, 0) is 11.3 Å². The predicted molar refractivity (Wildman–Crippen MR) is 117 cm³/mol. The second kappa shape index (κ2) is 11.0. The first kappa shape index (κ1) is 25.0. The molecule has 34 heavy (non-hydrogen) atoms. The van der Waals surface area contributed by atoms with Gasteiger partial charge in [0.25, 0.3) is 0 Å². The largest absolute Gasteiger partial charge is 0.573 e. The van der Waals surface area contributed by atoms with Crippen molar-refractivity contribution in [1.29, 1.82) is 0 Å². The van der Waals surface area contributed by atoms with Crippen LogP contribution in [0.25, 0.3) is 0 Å². The number of hydrogen-bond donors (Lipinski definition) is 3. The van der Waals surface area contributed by atoms with Crippen molar-refractivity contribution < 1.29 is 27.6 Å². The van der Waals surface area contributed by atoms with Gasteiger partial charge in [-0.1, -0.05) is 18.2 Å². The van der Waals surface area contributed by atoms with Crippen LogP contribution in [0.2, 0.25) is 0 Å². The van der Waals surface area contributed by atoms with Gasteiger partial charge in [0.1, 0.15) is 11.9 Å². The summed E-state index contributed by atoms with van der Waals surface area (Å²) in [4.78, 5) is 30.0. The number of alkyl halides is 3. The third-order valence-electron chi connectivity index (χ3n) is 5.41. The Bertz CT molecular complexity index is 1010. The lowest BCUT2D eigenvalue weighted by Gasteiger charge is -2.29. The SMILES string of the molecule is CC(=O)N[C@H]1CC[C@H](CNc2nc(NCc3ccccc3OC(F)(F)F)ncc2[N+](=O)[O-])CC1. The van der Waals surface area contributed by atoms with E-state index in [1.165, 1.54) is 25.1 Å². The molecule has 2 aromatic rings. The van der Waals surface area contributed by atoms with Crippen molar-refractivity contribution in [3.8, 4) is 5.75 Å². The third kappa shape index (κ3) is 7.46. The summed E-state index contributed by atoms with van der Waals surface area (Å²) in [7, 11) is 0. The maximum atomic E-state index is 12.6. The number of hydrogen-bond acceptors (Lipinski definition) is 8. The third-order valence-corrected chi connectivity index (χ3v) is 5.41. The van der Waals surface area contributed by atoms with Gasteiger partial charge in [0.05, 0.1) is 4.92 Å². The summed E-state index contributed by atoms with van der Waals surface area (Å²) in [6.45, 7) is 1.85. The van der Waals surface area contributed by atoms with E-state index in [1.807, 2.05) is 0 Å². The Morgan fingerprint density at radius 3 is 2.56 bits per heavy atom. The van der Waals surface area contributed by atoms with Gasteiger partial charge in [0.2, 0.25) is 17.7 Å². The number of benzene rings is 1. The summed E-state index contributed by atoms with van der Waals surface area (Å²) in [6, 6.07) is 5.76. The molecule has 0 spiro atoms. The van der Waals surface area contributed by atoms with Crippen molar-refractivity contribution in [2.24, 2.45) is 5.92 Å². The molecule has 3 rings (SSSR count). The van der Waals surface area contributed by atoms with Crippen molar-refractivity contribution in [2.45, 2.75) is 51.6 Å². The quantitative estimate of drug-likeness (QED) is 0.361. The fourth-order valence-electron chi connectivity index (χ4n) is 3.81. The van der Waals surface area contributed by atoms with Crippen LogP contribution < -0.4 is 20.7 Å². The van der Waals surface area contributed by atoms with Crippen molar-refractivity contribution in [1.82, 2.24) is 15.3 Å². The number of halogens is 3. The second-order valence-electron chi connectivity index (χ2n) is 7.99. The highest BCUT2D eigenvalue weighted by molar-refractivity contribution is 5.73. The number of amides is 1. The summed E-state index contributed by atoms with van der Waals surface area (Å²) in [5, 5.41) is 20.1. The van der Waals surface area contributed by atoms with Gasteiger partial charge in [-0.15, -0.1) is 13.2 Å². The summed E-state index contributed by atoms with van der Waals surface area (Å²) in [6.07, 6.45) is -0.453. The highest BCUT2D eigenvalue weighted by Gasteiger charge is 2.32. The topological polar surface area (TPSA) is 131 Å². The van der Waals surface area contributed by atoms with Crippen LogP contribution in [0.15, 0.2) is 30.5 Å². The van der Waals surface area contributed by atoms with Gasteiger partial charge < -0.3 is 20.7 Å². The van der Waals surface area contributed by atoms with E-state index in [0.717, 1.165) is 31.9 Å². The second-order valence-corrected chi connectivity index (χ2v) is 7.99. The molecule has 1 fully saturated rings. The monoisotopic (exact) mass is 482 g/mol. The van der Waals surface area contributed by atoms with E-state index in [-0.39, 0.29) is 53.2 Å². The van der Waals surface area contributed by atoms with Crippen LogP contribution in [0.1, 0.15) is 38.2 Å². The van der Waals surface area contributed by atoms with Crippen molar-refractivity contribution in [3.63, 3.8) is 0 Å². The number of rotatable bonds is 9. The standard InChI is InChI=1S/C21H25F3N6O4/c1-13(31)28-16-8-6-14(7-9-16)10-25-19-17(30(32)33)12-27-20(29-19)26-11-15-4-2-3-5-18(15)34-21(22,23)24/h2-5,12,14,16H,6-11H2,1H3,(H,28,31)(H2,25,26,27,29)/t14-,16-. The van der Waals surface area contributed by atoms with Gasteiger partial charge in [-0.2, -0.15) is 4.98 Å². The van der Waals surface area contributed by atoms with Gasteiger partial charge in [0.15, 0.2) is 0 Å². The molecule has 0 saturated heterocycles. The molecule has 10 nitrogen and oxygen atoms in total. The Kier molecular flexibility index (Phi) is 8.08. The zero-order valence-corrected chi connectivity index (χ0v) is 18.4. The molecule has 0 radical (unpaired) electrons. The Labute approximate surface area is 193 Å². The lowest BCUT2D eigenvalue weighted by Crippen LogP contribution is -2.37. The molecule has 1 aliphatic rings. The molecule has 0 unspecified atom stereocenters. The maximum absolute atomic E-state index is 12.6. The highest BCUT2D eigenvalue weighted by atomic mass is 19.4. The van der Waals surface area contributed by atoms with E-state index in [2.05, 4.69) is 30.7 Å². The fourth-order valence-corrected chi connectivity index (χ4v) is 3.81. The fraction of sp³-hybridized carbons (Fsp3) is 0.476. The molecule has 1 aliphatic carbocycles. The van der Waals surface area contributed by atoms with E-state index in [9.17, 15) is 28.1 Å². The molecular weight excluding hydrogens is 457 g/mol. The Morgan fingerprint density at radius 2 is 1.91 bits per heavy atom. The minimum atomic E-state index is -4.83. The number of nitro groups is 1. The van der Waals surface area contributed by atoms with Crippen molar-refractivity contribution >= 4 is 23.4 Å². The molecule has 1 heterocycles. The van der Waals surface area contributed by atoms with Crippen molar-refractivity contribution in [2.75, 3.05) is 17.2 Å². The molecule has 1 amide bonds. The van der Waals surface area contributed by atoms with Crippen LogP contribution in [0.3, 0.4) is 0 Å². The normalized spacial score (nSPS) is 18.1. The Balaban J connectivity index is 1.63. The average Bonchev–Trinajstić information content (AvgIpc) is 2.76. The molecule has 13 heteroatoms. The van der Waals surface area contributed by atoms with Crippen LogP contribution in [0, 0.1) is 16.0 Å². The van der Waals surface area contributed by atoms with E-state index in [1.54, 1.807) is 6.07 Å². The van der Waals surface area contributed by atoms with E-state index < -0.39 is 11.3 Å². The summed E-state index contributed by atoms with van der Waals surface area (Å²) >= 11 is 0. The summed E-state index contributed by atoms with van der Waals surface area (Å²) < 4.78 is 41.9. The number of para-hydroxylation sites is 1. The van der Waals surface area contributed by atoms with Crippen molar-refractivity contribution in [3.05, 3.63) is 46.1 Å². The number of nitrogens with one attached hydrogen (secondary N) is 3. The van der Waals surface area contributed by atoms with Crippen LogP contribution in [-0.4, -0.2) is 39.7 Å². The van der Waals surface area contributed by atoms with Crippen LogP contribution in [0.5, 0.6) is 5.75 Å². The van der Waals surface area contributed by atoms with E-state index in [4.69, 9.17) is 0 Å². The van der Waals surface area contributed by atoms with Crippen LogP contribution >= 0.6 is 0 Å². The lowest BCUT2D eigenvalue weighted by atomic mass is 9.86. The number of aromatic nitrogens is 2. The number of nitrogens with zero attached hydrogens (tertiary/aromatic N) is 3. The van der Waals surface area contributed by atoms with Gasteiger partial charge in [-0.25, -0.2) is 4.98 Å². The molecule has 0 bridgehead atoms. The lowest BCUT2D eigenvalue weighted by molar-refractivity contribution is -0.384. The number of anilines is 2. The zero-order valence-electron chi connectivity index (χ0n) is 18.4. The molecule has 0 atom stereocenters.